The Morgan fingerprint density at radius 1 is 1.03 bits per heavy atom. The summed E-state index contributed by atoms with van der Waals surface area (Å²) >= 11 is 0. The lowest BCUT2D eigenvalue weighted by Crippen LogP contribution is -2.61. The van der Waals surface area contributed by atoms with E-state index < -0.39 is 80.0 Å². The number of pyridine rings is 1. The quantitative estimate of drug-likeness (QED) is 0.164. The largest absolute Gasteiger partial charge is 0.497 e. The standard InChI is InChI=1S/C50H62FN5O10S/c1-27(2)65-42-14-11-30(22-39(42)51)40-23-33-21-36(64-6)12-13-38(33)45(52-40)66-37-24-41-44(57)53-50(47(59)54-67(62,63)49(5)15-16-49)25-34(50)10-8-7-9-28(3)17-29(4)43(46(58)55(41)26-37)56(48(60)61)35-19-31-18-32(31)20-35/h8,10-14,21-23,27-29,31-32,34-35,37,41,43H,7,9,15-20,24-26H2,1-6H3,(H,53,57)(H,54,59)(H,60,61)/b10-8-/t28-,29-,31+,32?,34-,35?,37-,41+,43+,50-/m1/s1. The third kappa shape index (κ3) is 9.16. The van der Waals surface area contributed by atoms with Crippen molar-refractivity contribution in [3.63, 3.8) is 0 Å². The SMILES string of the molecule is COc1ccc2c(O[C@@H]3C[C@H]4C(=O)N[C@]5(C(=O)NS(=O)(=O)C6(C)CC6)C[C@H]5/C=C\CC[C@@H](C)C[C@@H](C)[C@H](N(C(=O)O)C5CC6C[C@H]6C5)C(=O)N4C3)nc(-c3ccc(OC(C)C)c(F)c3)cc2c1. The highest BCUT2D eigenvalue weighted by Crippen LogP contribution is 2.54. The minimum absolute atomic E-state index is 0.0658. The fourth-order valence-corrected chi connectivity index (χ4v) is 12.2. The van der Waals surface area contributed by atoms with Crippen LogP contribution in [0.3, 0.4) is 0 Å². The molecule has 5 fully saturated rings. The molecule has 67 heavy (non-hydrogen) atoms. The highest BCUT2D eigenvalue weighted by Gasteiger charge is 2.63. The van der Waals surface area contributed by atoms with Crippen molar-refractivity contribution in [1.82, 2.24) is 24.8 Å². The second-order valence-electron chi connectivity index (χ2n) is 20.7. The molecular formula is C50H62FN5O10S. The van der Waals surface area contributed by atoms with Crippen molar-refractivity contribution >= 4 is 44.6 Å². The van der Waals surface area contributed by atoms with E-state index in [9.17, 15) is 27.9 Å². The lowest BCUT2D eigenvalue weighted by Gasteiger charge is -2.40. The molecule has 3 N–H and O–H groups in total. The third-order valence-corrected chi connectivity index (χ3v) is 17.4. The number of sulfonamides is 1. The first kappa shape index (κ1) is 46.7. The van der Waals surface area contributed by atoms with Crippen LogP contribution in [0.25, 0.3) is 22.0 Å². The number of rotatable bonds is 11. The molecule has 1 aromatic heterocycles. The molecule has 3 heterocycles. The van der Waals surface area contributed by atoms with Crippen LogP contribution in [0.5, 0.6) is 17.4 Å². The fourth-order valence-electron chi connectivity index (χ4n) is 10.9. The molecule has 0 radical (unpaired) electrons. The predicted octanol–water partition coefficient (Wildman–Crippen LogP) is 7.22. The maximum absolute atomic E-state index is 15.5. The number of halogens is 1. The summed E-state index contributed by atoms with van der Waals surface area (Å²) in [6, 6.07) is 8.95. The molecule has 2 aromatic carbocycles. The smallest absolute Gasteiger partial charge is 0.408 e. The van der Waals surface area contributed by atoms with Gasteiger partial charge in [0.25, 0.3) is 5.91 Å². The van der Waals surface area contributed by atoms with Gasteiger partial charge in [0.15, 0.2) is 11.6 Å². The minimum atomic E-state index is -4.07. The van der Waals surface area contributed by atoms with Crippen molar-refractivity contribution in [2.75, 3.05) is 13.7 Å². The number of hydrogen-bond donors (Lipinski definition) is 3. The molecule has 17 heteroatoms. The second-order valence-corrected chi connectivity index (χ2v) is 22.9. The Hall–Kier alpha value is -5.45. The molecule has 0 bridgehead atoms. The summed E-state index contributed by atoms with van der Waals surface area (Å²) in [6.45, 7) is 9.05. The highest BCUT2D eigenvalue weighted by molar-refractivity contribution is 7.91. The Morgan fingerprint density at radius 2 is 1.78 bits per heavy atom. The van der Waals surface area contributed by atoms with E-state index in [1.165, 1.54) is 21.9 Å². The Balaban J connectivity index is 1.10. The zero-order valence-electron chi connectivity index (χ0n) is 39.0. The van der Waals surface area contributed by atoms with Crippen molar-refractivity contribution in [3.8, 4) is 28.6 Å². The van der Waals surface area contributed by atoms with Gasteiger partial charge in [-0.1, -0.05) is 26.0 Å². The Bertz CT molecular complexity index is 2610. The van der Waals surface area contributed by atoms with Gasteiger partial charge in [-0.25, -0.2) is 22.6 Å². The molecule has 0 spiro atoms. The fraction of sp³-hybridized carbons (Fsp3) is 0.580. The van der Waals surface area contributed by atoms with Gasteiger partial charge >= 0.3 is 6.09 Å². The van der Waals surface area contributed by atoms with E-state index in [2.05, 4.69) is 17.0 Å². The zero-order valence-corrected chi connectivity index (χ0v) is 39.8. The Kier molecular flexibility index (Phi) is 12.2. The van der Waals surface area contributed by atoms with Crippen LogP contribution in [0.4, 0.5) is 9.18 Å². The molecule has 4 aliphatic carbocycles. The van der Waals surface area contributed by atoms with E-state index in [1.54, 1.807) is 58.2 Å². The molecule has 2 unspecified atom stereocenters. The van der Waals surface area contributed by atoms with E-state index in [-0.39, 0.29) is 49.1 Å². The van der Waals surface area contributed by atoms with Gasteiger partial charge in [-0.2, -0.15) is 0 Å². The summed E-state index contributed by atoms with van der Waals surface area (Å²) in [4.78, 5) is 65.7. The second kappa shape index (κ2) is 17.6. The van der Waals surface area contributed by atoms with Gasteiger partial charge in [-0.15, -0.1) is 0 Å². The average molecular weight is 944 g/mol. The predicted molar refractivity (Wildman–Crippen MR) is 247 cm³/mol. The number of ether oxygens (including phenoxy) is 3. The van der Waals surface area contributed by atoms with Gasteiger partial charge in [-0.05, 0) is 150 Å². The number of nitrogens with zero attached hydrogens (tertiary/aromatic N) is 3. The number of benzene rings is 2. The number of fused-ring (bicyclic) bond motifs is 4. The Morgan fingerprint density at radius 3 is 2.45 bits per heavy atom. The van der Waals surface area contributed by atoms with Gasteiger partial charge in [-0.3, -0.25) is 24.0 Å². The number of methoxy groups -OCH3 is 1. The Labute approximate surface area is 391 Å². The minimum Gasteiger partial charge on any atom is -0.497 e. The van der Waals surface area contributed by atoms with Gasteiger partial charge in [0.05, 0.1) is 30.2 Å². The van der Waals surface area contributed by atoms with Crippen molar-refractivity contribution < 1.29 is 51.3 Å². The number of nitrogens with one attached hydrogen (secondary N) is 2. The van der Waals surface area contributed by atoms with Crippen LogP contribution < -0.4 is 24.2 Å². The summed E-state index contributed by atoms with van der Waals surface area (Å²) in [5.74, 6) is -1.83. The summed E-state index contributed by atoms with van der Waals surface area (Å²) in [5.41, 5.74) is -0.792. The molecule has 360 valence electrons. The number of carbonyl (C=O) groups excluding carboxylic acids is 3. The van der Waals surface area contributed by atoms with Crippen molar-refractivity contribution in [2.45, 2.75) is 139 Å². The number of carboxylic acid groups (broad SMARTS) is 1. The molecule has 9 rings (SSSR count). The first-order valence-corrected chi connectivity index (χ1v) is 25.3. The van der Waals surface area contributed by atoms with Crippen molar-refractivity contribution in [3.05, 3.63) is 60.4 Å². The van der Waals surface area contributed by atoms with Crippen LogP contribution in [0.1, 0.15) is 98.8 Å². The van der Waals surface area contributed by atoms with E-state index >= 15 is 9.18 Å². The third-order valence-electron chi connectivity index (χ3n) is 15.2. The topological polar surface area (TPSA) is 194 Å². The number of carbonyl (C=O) groups is 4. The van der Waals surface area contributed by atoms with Crippen molar-refractivity contribution in [2.24, 2.45) is 29.6 Å². The van der Waals surface area contributed by atoms with Gasteiger partial charge in [0, 0.05) is 29.3 Å². The van der Waals surface area contributed by atoms with Crippen LogP contribution in [0.2, 0.25) is 0 Å². The number of hydrogen-bond acceptors (Lipinski definition) is 10. The van der Waals surface area contributed by atoms with Gasteiger partial charge in [0.2, 0.25) is 27.7 Å². The van der Waals surface area contributed by atoms with E-state index in [4.69, 9.17) is 19.2 Å². The summed E-state index contributed by atoms with van der Waals surface area (Å²) in [5, 5.41) is 15.1. The molecule has 6 aliphatic rings. The maximum atomic E-state index is 15.5. The maximum Gasteiger partial charge on any atom is 0.408 e. The first-order chi connectivity index (χ1) is 31.8. The first-order valence-electron chi connectivity index (χ1n) is 23.8. The lowest BCUT2D eigenvalue weighted by molar-refractivity contribution is -0.145. The molecule has 10 atom stereocenters. The van der Waals surface area contributed by atoms with Gasteiger partial charge < -0.3 is 29.5 Å². The van der Waals surface area contributed by atoms with Crippen molar-refractivity contribution in [1.29, 1.82) is 0 Å². The van der Waals surface area contributed by atoms with E-state index in [1.807, 2.05) is 19.1 Å². The zero-order chi connectivity index (χ0) is 47.7. The average Bonchev–Trinajstić information content (AvgIpc) is 4.23. The van der Waals surface area contributed by atoms with E-state index in [0.29, 0.717) is 78.1 Å². The van der Waals surface area contributed by atoms with Crippen LogP contribution in [-0.4, -0.2) is 106 Å². The molecule has 4 amide bonds. The van der Waals surface area contributed by atoms with Crippen LogP contribution >= 0.6 is 0 Å². The van der Waals surface area contributed by atoms with Crippen LogP contribution in [-0.2, 0) is 24.4 Å². The molecule has 3 aromatic rings. The van der Waals surface area contributed by atoms with E-state index in [0.717, 1.165) is 12.8 Å². The van der Waals surface area contributed by atoms with Crippen LogP contribution in [0, 0.1) is 35.4 Å². The number of aromatic nitrogens is 1. The molecule has 15 nitrogen and oxygen atoms in total. The van der Waals surface area contributed by atoms with Crippen LogP contribution in [0.15, 0.2) is 54.6 Å². The molecule has 2 aliphatic heterocycles. The monoisotopic (exact) mass is 943 g/mol. The lowest BCUT2D eigenvalue weighted by atomic mass is 9.86. The molecular weight excluding hydrogens is 882 g/mol. The molecule has 4 saturated carbocycles. The van der Waals surface area contributed by atoms with Gasteiger partial charge in [0.1, 0.15) is 29.5 Å². The number of allylic oxidation sites excluding steroid dienone is 1. The normalized spacial score (nSPS) is 31.6. The highest BCUT2D eigenvalue weighted by atomic mass is 32.2. The molecule has 1 saturated heterocycles. The summed E-state index contributed by atoms with van der Waals surface area (Å²) < 4.78 is 61.3. The summed E-state index contributed by atoms with van der Waals surface area (Å²) in [6.07, 6.45) is 6.70. The number of amides is 4. The summed E-state index contributed by atoms with van der Waals surface area (Å²) in [7, 11) is -2.52.